The van der Waals surface area contributed by atoms with E-state index < -0.39 is 5.54 Å². The van der Waals surface area contributed by atoms with Crippen LogP contribution in [0.4, 0.5) is 0 Å². The molecule has 2 rings (SSSR count). The Morgan fingerprint density at radius 2 is 2.06 bits per heavy atom. The molecular formula is C13H22N2O2. The molecule has 0 radical (unpaired) electrons. The minimum atomic E-state index is -0.428. The average Bonchev–Trinajstić information content (AvgIpc) is 2.78. The van der Waals surface area contributed by atoms with Crippen LogP contribution >= 0.6 is 0 Å². The van der Waals surface area contributed by atoms with Crippen LogP contribution in [0, 0.1) is 11.3 Å². The normalized spacial score (nSPS) is 42.3. The van der Waals surface area contributed by atoms with E-state index in [2.05, 4.69) is 11.4 Å². The molecule has 4 heteroatoms. The van der Waals surface area contributed by atoms with Gasteiger partial charge >= 0.3 is 0 Å². The molecule has 96 valence electrons. The number of ether oxygens (including phenoxy) is 2. The minimum absolute atomic E-state index is 0.149. The van der Waals surface area contributed by atoms with Crippen LogP contribution in [0.1, 0.15) is 39.5 Å². The van der Waals surface area contributed by atoms with Crippen molar-refractivity contribution in [3.63, 3.8) is 0 Å². The Bertz CT molecular complexity index is 284. The van der Waals surface area contributed by atoms with Crippen molar-refractivity contribution >= 4 is 0 Å². The second kappa shape index (κ2) is 5.34. The van der Waals surface area contributed by atoms with Crippen molar-refractivity contribution in [1.82, 2.24) is 5.32 Å². The molecule has 2 fully saturated rings. The predicted molar refractivity (Wildman–Crippen MR) is 64.6 cm³/mol. The maximum atomic E-state index is 9.44. The van der Waals surface area contributed by atoms with Gasteiger partial charge in [0.1, 0.15) is 5.54 Å². The summed E-state index contributed by atoms with van der Waals surface area (Å²) in [5, 5.41) is 12.9. The fourth-order valence-corrected chi connectivity index (χ4v) is 2.95. The maximum Gasteiger partial charge on any atom is 0.111 e. The van der Waals surface area contributed by atoms with Gasteiger partial charge in [0, 0.05) is 26.0 Å². The maximum absolute atomic E-state index is 9.44. The zero-order valence-electron chi connectivity index (χ0n) is 10.7. The summed E-state index contributed by atoms with van der Waals surface area (Å²) in [5.41, 5.74) is -0.428. The lowest BCUT2D eigenvalue weighted by Crippen LogP contribution is -2.54. The quantitative estimate of drug-likeness (QED) is 0.811. The third-order valence-electron chi connectivity index (χ3n) is 3.64. The Morgan fingerprint density at radius 3 is 2.59 bits per heavy atom. The molecule has 0 aromatic rings. The molecule has 0 spiro atoms. The summed E-state index contributed by atoms with van der Waals surface area (Å²) >= 11 is 0. The van der Waals surface area contributed by atoms with Gasteiger partial charge < -0.3 is 9.47 Å². The van der Waals surface area contributed by atoms with Crippen molar-refractivity contribution < 1.29 is 9.47 Å². The summed E-state index contributed by atoms with van der Waals surface area (Å²) in [4.78, 5) is 0. The van der Waals surface area contributed by atoms with Crippen molar-refractivity contribution in [2.45, 2.75) is 63.4 Å². The summed E-state index contributed by atoms with van der Waals surface area (Å²) in [7, 11) is 0. The molecule has 2 heterocycles. The summed E-state index contributed by atoms with van der Waals surface area (Å²) in [5.74, 6) is 0. The fraction of sp³-hybridized carbons (Fsp3) is 0.923. The van der Waals surface area contributed by atoms with Gasteiger partial charge in [-0.05, 0) is 26.7 Å². The first-order valence-corrected chi connectivity index (χ1v) is 6.57. The van der Waals surface area contributed by atoms with E-state index in [1.165, 1.54) is 0 Å². The summed E-state index contributed by atoms with van der Waals surface area (Å²) in [6, 6.07) is 2.46. The zero-order chi connectivity index (χ0) is 12.3. The third-order valence-corrected chi connectivity index (χ3v) is 3.64. The van der Waals surface area contributed by atoms with Gasteiger partial charge in [-0.3, -0.25) is 5.32 Å². The predicted octanol–water partition coefficient (Wildman–Crippen LogP) is 1.60. The van der Waals surface area contributed by atoms with Crippen molar-refractivity contribution in [3.05, 3.63) is 0 Å². The highest BCUT2D eigenvalue weighted by molar-refractivity contribution is 5.11. The van der Waals surface area contributed by atoms with Gasteiger partial charge in [0.05, 0.1) is 24.4 Å². The Morgan fingerprint density at radius 1 is 1.35 bits per heavy atom. The van der Waals surface area contributed by atoms with Crippen LogP contribution < -0.4 is 5.32 Å². The number of hydrogen-bond acceptors (Lipinski definition) is 4. The second-order valence-corrected chi connectivity index (χ2v) is 5.38. The molecule has 0 saturated carbocycles. The highest BCUT2D eigenvalue weighted by Gasteiger charge is 2.39. The SMILES string of the molecule is CC1CC(C#N)(NCC2CCCO2)CC(C)O1. The van der Waals surface area contributed by atoms with Crippen LogP contribution in [0.25, 0.3) is 0 Å². The van der Waals surface area contributed by atoms with Crippen LogP contribution in [0.5, 0.6) is 0 Å². The third kappa shape index (κ3) is 3.19. The van der Waals surface area contributed by atoms with Crippen LogP contribution in [0.15, 0.2) is 0 Å². The van der Waals surface area contributed by atoms with E-state index in [1.807, 2.05) is 13.8 Å². The first-order valence-electron chi connectivity index (χ1n) is 6.57. The zero-order valence-corrected chi connectivity index (χ0v) is 10.7. The first-order chi connectivity index (χ1) is 8.13. The van der Waals surface area contributed by atoms with E-state index in [4.69, 9.17) is 9.47 Å². The van der Waals surface area contributed by atoms with Crippen molar-refractivity contribution in [1.29, 1.82) is 5.26 Å². The van der Waals surface area contributed by atoms with Gasteiger partial charge in [-0.25, -0.2) is 0 Å². The van der Waals surface area contributed by atoms with Crippen molar-refractivity contribution in [2.75, 3.05) is 13.2 Å². The summed E-state index contributed by atoms with van der Waals surface area (Å²) in [6.45, 7) is 5.72. The highest BCUT2D eigenvalue weighted by Crippen LogP contribution is 2.28. The molecule has 3 unspecified atom stereocenters. The van der Waals surface area contributed by atoms with Gasteiger partial charge in [0.25, 0.3) is 0 Å². The topological polar surface area (TPSA) is 54.3 Å². The molecule has 17 heavy (non-hydrogen) atoms. The number of nitrogens with zero attached hydrogens (tertiary/aromatic N) is 1. The van der Waals surface area contributed by atoms with Gasteiger partial charge in [-0.1, -0.05) is 0 Å². The molecular weight excluding hydrogens is 216 g/mol. The molecule has 2 saturated heterocycles. The second-order valence-electron chi connectivity index (χ2n) is 5.38. The molecule has 2 aliphatic rings. The molecule has 0 amide bonds. The van der Waals surface area contributed by atoms with Crippen LogP contribution in [-0.2, 0) is 9.47 Å². The van der Waals surface area contributed by atoms with E-state index in [9.17, 15) is 5.26 Å². The molecule has 0 aromatic carbocycles. The van der Waals surface area contributed by atoms with E-state index >= 15 is 0 Å². The van der Waals surface area contributed by atoms with E-state index in [0.29, 0.717) is 0 Å². The molecule has 0 aromatic heterocycles. The lowest BCUT2D eigenvalue weighted by atomic mass is 9.85. The van der Waals surface area contributed by atoms with Gasteiger partial charge in [0.2, 0.25) is 0 Å². The Hall–Kier alpha value is -0.630. The molecule has 0 aliphatic carbocycles. The highest BCUT2D eigenvalue weighted by atomic mass is 16.5. The number of nitrogens with one attached hydrogen (secondary N) is 1. The van der Waals surface area contributed by atoms with Gasteiger partial charge in [-0.2, -0.15) is 5.26 Å². The summed E-state index contributed by atoms with van der Waals surface area (Å²) in [6.07, 6.45) is 4.36. The van der Waals surface area contributed by atoms with Gasteiger partial charge in [-0.15, -0.1) is 0 Å². The molecule has 3 atom stereocenters. The van der Waals surface area contributed by atoms with E-state index in [-0.39, 0.29) is 18.3 Å². The standard InChI is InChI=1S/C13H22N2O2/c1-10-6-13(9-14,7-11(2)17-10)15-8-12-4-3-5-16-12/h10-12,15H,3-8H2,1-2H3. The largest absolute Gasteiger partial charge is 0.377 e. The summed E-state index contributed by atoms with van der Waals surface area (Å²) < 4.78 is 11.3. The van der Waals surface area contributed by atoms with E-state index in [0.717, 1.165) is 38.8 Å². The van der Waals surface area contributed by atoms with Crippen molar-refractivity contribution in [2.24, 2.45) is 0 Å². The number of rotatable bonds is 3. The lowest BCUT2D eigenvalue weighted by Gasteiger charge is -2.39. The Balaban J connectivity index is 1.91. The molecule has 0 bridgehead atoms. The minimum Gasteiger partial charge on any atom is -0.377 e. The monoisotopic (exact) mass is 238 g/mol. The smallest absolute Gasteiger partial charge is 0.111 e. The van der Waals surface area contributed by atoms with Crippen LogP contribution in [0.2, 0.25) is 0 Å². The molecule has 2 aliphatic heterocycles. The van der Waals surface area contributed by atoms with Gasteiger partial charge in [0.15, 0.2) is 0 Å². The van der Waals surface area contributed by atoms with Crippen molar-refractivity contribution in [3.8, 4) is 6.07 Å². The van der Waals surface area contributed by atoms with Crippen LogP contribution in [0.3, 0.4) is 0 Å². The Labute approximate surface area is 103 Å². The number of nitriles is 1. The van der Waals surface area contributed by atoms with E-state index in [1.54, 1.807) is 0 Å². The number of hydrogen-bond donors (Lipinski definition) is 1. The lowest BCUT2D eigenvalue weighted by molar-refractivity contribution is -0.0582. The van der Waals surface area contributed by atoms with Crippen LogP contribution in [-0.4, -0.2) is 37.0 Å². The Kier molecular flexibility index (Phi) is 4.03. The molecule has 4 nitrogen and oxygen atoms in total. The fourth-order valence-electron chi connectivity index (χ4n) is 2.95. The molecule has 1 N–H and O–H groups in total. The average molecular weight is 238 g/mol. The first kappa shape index (κ1) is 12.8.